The van der Waals surface area contributed by atoms with Crippen LogP contribution in [0.25, 0.3) is 0 Å². The molecule has 1 heterocycles. The highest BCUT2D eigenvalue weighted by Crippen LogP contribution is 2.30. The number of alkyl carbamates (subject to hydrolysis) is 1. The number of carbonyl (C=O) groups excluding carboxylic acids is 2. The Balaban J connectivity index is 0.00000272. The van der Waals surface area contributed by atoms with Gasteiger partial charge < -0.3 is 20.3 Å². The summed E-state index contributed by atoms with van der Waals surface area (Å²) in [5.74, 6) is -0.382. The van der Waals surface area contributed by atoms with Gasteiger partial charge >= 0.3 is 6.09 Å². The molecule has 0 aromatic carbocycles. The summed E-state index contributed by atoms with van der Waals surface area (Å²) in [5.41, 5.74) is 5.19. The van der Waals surface area contributed by atoms with E-state index in [9.17, 15) is 14.7 Å². The van der Waals surface area contributed by atoms with E-state index in [4.69, 9.17) is 15.2 Å². The molecule has 0 fully saturated rings. The van der Waals surface area contributed by atoms with Crippen LogP contribution in [0.2, 0.25) is 0 Å². The first-order chi connectivity index (χ1) is 13.7. The number of Topliss-reactive ketones (excluding diaryl/α,β-unsaturated/α-hetero) is 1. The van der Waals surface area contributed by atoms with Gasteiger partial charge in [0.2, 0.25) is 0 Å². The second kappa shape index (κ2) is 12.4. The molecule has 0 bridgehead atoms. The molecule has 0 saturated heterocycles. The molecule has 1 aliphatic carbocycles. The number of amides is 1. The molecule has 0 saturated carbocycles. The quantitative estimate of drug-likeness (QED) is 0.610. The molecular weight excluding hydrogens is 386 g/mol. The number of nitrogens with two attached hydrogens (primary N) is 1. The Bertz CT molecular complexity index is 821. The number of pyridine rings is 1. The van der Waals surface area contributed by atoms with Gasteiger partial charge in [-0.25, -0.2) is 9.78 Å². The molecule has 2 rings (SSSR count). The number of hydrogen-bond donors (Lipinski definition) is 3. The van der Waals surface area contributed by atoms with Gasteiger partial charge in [0.25, 0.3) is 0 Å². The normalized spacial score (nSPS) is 12.7. The van der Waals surface area contributed by atoms with Crippen LogP contribution in [0.5, 0.6) is 11.5 Å². The maximum absolute atomic E-state index is 11.9. The number of aromatic nitrogens is 1. The van der Waals surface area contributed by atoms with Crippen molar-refractivity contribution in [1.29, 1.82) is 0 Å². The summed E-state index contributed by atoms with van der Waals surface area (Å²) in [6, 6.07) is 1.44. The number of aromatic hydroxyl groups is 1. The fraction of sp³-hybridized carbons (Fsp3) is 0.409. The second-order valence-corrected chi connectivity index (χ2v) is 6.73. The maximum atomic E-state index is 11.9. The monoisotopic (exact) mass is 419 g/mol. The number of nitrogens with zero attached hydrogens (tertiary/aromatic N) is 1. The minimum atomic E-state index is -0.590. The van der Waals surface area contributed by atoms with Crippen molar-refractivity contribution >= 4 is 11.9 Å². The first-order valence-electron chi connectivity index (χ1n) is 9.36. The van der Waals surface area contributed by atoms with E-state index >= 15 is 0 Å². The van der Waals surface area contributed by atoms with Crippen LogP contribution >= 0.6 is 0 Å². The molecule has 4 N–H and O–H groups in total. The molecule has 0 atom stereocenters. The Kier molecular flexibility index (Phi) is 11.1. The molecule has 0 aliphatic heterocycles. The summed E-state index contributed by atoms with van der Waals surface area (Å²) in [6.07, 6.45) is 8.03. The summed E-state index contributed by atoms with van der Waals surface area (Å²) < 4.78 is 10.9. The topological polar surface area (TPSA) is 124 Å². The summed E-state index contributed by atoms with van der Waals surface area (Å²) in [4.78, 5) is 27.4. The van der Waals surface area contributed by atoms with Crippen LogP contribution in [0, 0.1) is 0 Å². The average Bonchev–Trinajstić information content (AvgIpc) is 2.88. The second-order valence-electron chi connectivity index (χ2n) is 6.73. The fourth-order valence-electron chi connectivity index (χ4n) is 2.15. The van der Waals surface area contributed by atoms with E-state index in [0.29, 0.717) is 17.9 Å². The largest absolute Gasteiger partial charge is 0.503 e. The highest BCUT2D eigenvalue weighted by Gasteiger charge is 2.18. The van der Waals surface area contributed by atoms with Crippen LogP contribution in [-0.4, -0.2) is 34.1 Å². The molecule has 0 radical (unpaired) electrons. The molecule has 8 heteroatoms. The van der Waals surface area contributed by atoms with Gasteiger partial charge in [0.15, 0.2) is 23.0 Å². The van der Waals surface area contributed by atoms with Crippen molar-refractivity contribution in [2.45, 2.75) is 54.1 Å². The molecule has 166 valence electrons. The number of allylic oxidation sites excluding steroid dienone is 4. The molecule has 1 aromatic heterocycles. The van der Waals surface area contributed by atoms with E-state index < -0.39 is 17.5 Å². The van der Waals surface area contributed by atoms with Gasteiger partial charge in [-0.1, -0.05) is 27.4 Å². The predicted octanol–water partition coefficient (Wildman–Crippen LogP) is 4.22. The van der Waals surface area contributed by atoms with Crippen LogP contribution in [0.1, 0.15) is 59.0 Å². The Morgan fingerprint density at radius 1 is 1.27 bits per heavy atom. The van der Waals surface area contributed by atoms with Crippen LogP contribution in [0.4, 0.5) is 4.79 Å². The third kappa shape index (κ3) is 8.48. The predicted molar refractivity (Wildman–Crippen MR) is 117 cm³/mol. The highest BCUT2D eigenvalue weighted by molar-refractivity contribution is 5.98. The van der Waals surface area contributed by atoms with Gasteiger partial charge in [-0.2, -0.15) is 0 Å². The van der Waals surface area contributed by atoms with Gasteiger partial charge in [0.05, 0.1) is 6.54 Å². The highest BCUT2D eigenvalue weighted by atomic mass is 16.6. The zero-order valence-electron chi connectivity index (χ0n) is 17.5. The van der Waals surface area contributed by atoms with Gasteiger partial charge in [-0.3, -0.25) is 10.1 Å². The third-order valence-corrected chi connectivity index (χ3v) is 3.29. The minimum Gasteiger partial charge on any atom is -0.503 e. The standard InChI is InChI=1S/C19H23N3O5.C2H6.CH4/c1-19(2,3)27-18(25)22-12-5-4-6-13(8-7-12)26-15-9-10-21-16(17(15)24)14(23)11-20;1-2;/h4,6-10,24H,5,11,20H2,1-3H3,(H,22,25);1-2H3;1H4. The molecular formula is C22H33N3O5. The molecule has 30 heavy (non-hydrogen) atoms. The van der Waals surface area contributed by atoms with E-state index in [0.717, 1.165) is 0 Å². The Morgan fingerprint density at radius 3 is 2.53 bits per heavy atom. The number of ether oxygens (including phenoxy) is 2. The molecule has 1 amide bonds. The zero-order chi connectivity index (χ0) is 22.0. The van der Waals surface area contributed by atoms with E-state index in [1.54, 1.807) is 45.1 Å². The van der Waals surface area contributed by atoms with E-state index in [2.05, 4.69) is 10.3 Å². The molecule has 1 aromatic rings. The SMILES string of the molecule is C.CC.CC(C)(C)OC(=O)NC1=CC=C(Oc2ccnc(C(=O)CN)c2O)C=CC1. The van der Waals surface area contributed by atoms with Gasteiger partial charge in [0.1, 0.15) is 11.4 Å². The Morgan fingerprint density at radius 2 is 1.93 bits per heavy atom. The van der Waals surface area contributed by atoms with Crippen molar-refractivity contribution in [3.05, 3.63) is 53.7 Å². The summed E-state index contributed by atoms with van der Waals surface area (Å²) >= 11 is 0. The third-order valence-electron chi connectivity index (χ3n) is 3.29. The number of carbonyl (C=O) groups is 2. The van der Waals surface area contributed by atoms with Gasteiger partial charge in [-0.05, 0) is 39.0 Å². The van der Waals surface area contributed by atoms with Crippen LogP contribution in [0.3, 0.4) is 0 Å². The van der Waals surface area contributed by atoms with Crippen molar-refractivity contribution in [3.8, 4) is 11.5 Å². The van der Waals surface area contributed by atoms with E-state index in [1.165, 1.54) is 12.3 Å². The van der Waals surface area contributed by atoms with Gasteiger partial charge in [0, 0.05) is 24.4 Å². The lowest BCUT2D eigenvalue weighted by atomic mass is 10.2. The van der Waals surface area contributed by atoms with Crippen LogP contribution in [0.15, 0.2) is 48.0 Å². The molecule has 0 unspecified atom stereocenters. The number of ketones is 1. The van der Waals surface area contributed by atoms with Crippen LogP contribution in [-0.2, 0) is 4.74 Å². The number of hydrogen-bond acceptors (Lipinski definition) is 7. The fourth-order valence-corrected chi connectivity index (χ4v) is 2.15. The van der Waals surface area contributed by atoms with Crippen molar-refractivity contribution in [2.75, 3.05) is 6.54 Å². The summed E-state index contributed by atoms with van der Waals surface area (Å²) in [5, 5.41) is 12.8. The first-order valence-corrected chi connectivity index (χ1v) is 9.36. The molecule has 8 nitrogen and oxygen atoms in total. The number of nitrogens with one attached hydrogen (secondary N) is 1. The van der Waals surface area contributed by atoms with Gasteiger partial charge in [-0.15, -0.1) is 0 Å². The zero-order valence-corrected chi connectivity index (χ0v) is 17.5. The van der Waals surface area contributed by atoms with E-state index in [1.807, 2.05) is 13.8 Å². The lowest BCUT2D eigenvalue weighted by molar-refractivity contribution is 0.0545. The van der Waals surface area contributed by atoms with Crippen LogP contribution < -0.4 is 15.8 Å². The maximum Gasteiger partial charge on any atom is 0.411 e. The first kappa shape index (κ1) is 26.9. The average molecular weight is 420 g/mol. The summed E-state index contributed by atoms with van der Waals surface area (Å²) in [7, 11) is 0. The van der Waals surface area contributed by atoms with Crippen molar-refractivity contribution in [1.82, 2.24) is 10.3 Å². The number of rotatable bonds is 5. The molecule has 1 aliphatic rings. The minimum absolute atomic E-state index is 0. The van der Waals surface area contributed by atoms with Crippen molar-refractivity contribution < 1.29 is 24.2 Å². The lowest BCUT2D eigenvalue weighted by Gasteiger charge is -2.20. The molecule has 0 spiro atoms. The Hall–Kier alpha value is -3.13. The van der Waals surface area contributed by atoms with Crippen molar-refractivity contribution in [3.63, 3.8) is 0 Å². The van der Waals surface area contributed by atoms with E-state index in [-0.39, 0.29) is 31.2 Å². The smallest absolute Gasteiger partial charge is 0.411 e. The van der Waals surface area contributed by atoms with Crippen molar-refractivity contribution in [2.24, 2.45) is 5.73 Å². The Labute approximate surface area is 178 Å². The lowest BCUT2D eigenvalue weighted by Crippen LogP contribution is -2.31. The summed E-state index contributed by atoms with van der Waals surface area (Å²) in [6.45, 7) is 9.08.